The largest absolute Gasteiger partial charge is 0.124 e. The molecule has 0 saturated heterocycles. The zero-order valence-electron chi connectivity index (χ0n) is 8.65. The minimum Gasteiger partial charge on any atom is -0.101 e. The molecule has 1 rings (SSSR count). The molecule has 1 aliphatic rings. The first-order chi connectivity index (χ1) is 6.14. The molecule has 0 radical (unpaired) electrons. The molecule has 0 aromatic heterocycles. The molecule has 0 amide bonds. The topological polar surface area (TPSA) is 0 Å². The average molecular weight is 223 g/mol. The number of hydrogen-bond acceptors (Lipinski definition) is 0. The SMILES string of the molecule is CCCC[C@H]1[C@H](CCCC)C1(Cl)Cl. The monoisotopic (exact) mass is 222 g/mol. The summed E-state index contributed by atoms with van der Waals surface area (Å²) in [5.41, 5.74) is 0. The standard InChI is InChI=1S/C11H20Cl2/c1-3-5-7-9-10(8-6-4-2)11(9,12)13/h9-10H,3-8H2,1-2H3/t9-,10-/m0/s1. The van der Waals surface area contributed by atoms with Gasteiger partial charge in [0.15, 0.2) is 0 Å². The van der Waals surface area contributed by atoms with Crippen molar-refractivity contribution in [2.75, 3.05) is 0 Å². The van der Waals surface area contributed by atoms with Crippen molar-refractivity contribution in [1.29, 1.82) is 0 Å². The van der Waals surface area contributed by atoms with E-state index in [1.165, 1.54) is 38.5 Å². The lowest BCUT2D eigenvalue weighted by Gasteiger charge is -1.95. The number of hydrogen-bond donors (Lipinski definition) is 0. The zero-order chi connectivity index (χ0) is 9.90. The number of alkyl halides is 2. The maximum atomic E-state index is 6.21. The smallest absolute Gasteiger partial charge is 0.101 e. The van der Waals surface area contributed by atoms with Crippen LogP contribution in [0.5, 0.6) is 0 Å². The van der Waals surface area contributed by atoms with E-state index in [0.29, 0.717) is 11.8 Å². The molecule has 0 unspecified atom stereocenters. The van der Waals surface area contributed by atoms with E-state index in [4.69, 9.17) is 23.2 Å². The molecule has 0 N–H and O–H groups in total. The van der Waals surface area contributed by atoms with Crippen molar-refractivity contribution >= 4 is 23.2 Å². The molecule has 13 heavy (non-hydrogen) atoms. The van der Waals surface area contributed by atoms with Gasteiger partial charge in [0.2, 0.25) is 0 Å². The highest BCUT2D eigenvalue weighted by atomic mass is 35.5. The third kappa shape index (κ3) is 2.76. The Morgan fingerprint density at radius 1 is 0.923 bits per heavy atom. The fourth-order valence-corrected chi connectivity index (χ4v) is 3.01. The molecular formula is C11H20Cl2. The fourth-order valence-electron chi connectivity index (χ4n) is 2.10. The van der Waals surface area contributed by atoms with Crippen LogP contribution < -0.4 is 0 Å². The Bertz CT molecular complexity index is 138. The van der Waals surface area contributed by atoms with Crippen LogP contribution >= 0.6 is 23.2 Å². The Morgan fingerprint density at radius 3 is 1.62 bits per heavy atom. The zero-order valence-corrected chi connectivity index (χ0v) is 10.2. The van der Waals surface area contributed by atoms with Crippen LogP contribution in [0.1, 0.15) is 52.4 Å². The Hall–Kier alpha value is 0.580. The molecule has 1 aliphatic carbocycles. The highest BCUT2D eigenvalue weighted by Gasteiger charge is 2.61. The predicted molar refractivity (Wildman–Crippen MR) is 60.5 cm³/mol. The van der Waals surface area contributed by atoms with Crippen molar-refractivity contribution in [3.8, 4) is 0 Å². The quantitative estimate of drug-likeness (QED) is 0.568. The second kappa shape index (κ2) is 4.89. The van der Waals surface area contributed by atoms with Crippen molar-refractivity contribution in [3.05, 3.63) is 0 Å². The maximum Gasteiger partial charge on any atom is 0.124 e. The van der Waals surface area contributed by atoms with Gasteiger partial charge in [-0.25, -0.2) is 0 Å². The summed E-state index contributed by atoms with van der Waals surface area (Å²) < 4.78 is -0.371. The van der Waals surface area contributed by atoms with Crippen molar-refractivity contribution in [1.82, 2.24) is 0 Å². The van der Waals surface area contributed by atoms with E-state index in [1.54, 1.807) is 0 Å². The van der Waals surface area contributed by atoms with Crippen LogP contribution in [0.2, 0.25) is 0 Å². The molecule has 1 fully saturated rings. The summed E-state index contributed by atoms with van der Waals surface area (Å²) in [5.74, 6) is 1.17. The molecule has 2 heteroatoms. The predicted octanol–water partition coefficient (Wildman–Crippen LogP) is 4.79. The van der Waals surface area contributed by atoms with E-state index in [0.717, 1.165) is 0 Å². The van der Waals surface area contributed by atoms with Crippen LogP contribution in [0.4, 0.5) is 0 Å². The van der Waals surface area contributed by atoms with Crippen LogP contribution in [-0.2, 0) is 0 Å². The minimum absolute atomic E-state index is 0.371. The molecular weight excluding hydrogens is 203 g/mol. The van der Waals surface area contributed by atoms with Gasteiger partial charge >= 0.3 is 0 Å². The number of unbranched alkanes of at least 4 members (excludes halogenated alkanes) is 2. The van der Waals surface area contributed by atoms with E-state index < -0.39 is 0 Å². The van der Waals surface area contributed by atoms with Gasteiger partial charge in [0.05, 0.1) is 0 Å². The fraction of sp³-hybridized carbons (Fsp3) is 1.00. The van der Waals surface area contributed by atoms with E-state index >= 15 is 0 Å². The summed E-state index contributed by atoms with van der Waals surface area (Å²) in [7, 11) is 0. The molecule has 0 aliphatic heterocycles. The summed E-state index contributed by atoms with van der Waals surface area (Å²) in [6, 6.07) is 0. The number of halogens is 2. The lowest BCUT2D eigenvalue weighted by Crippen LogP contribution is -1.90. The summed E-state index contributed by atoms with van der Waals surface area (Å²) in [6.45, 7) is 4.43. The van der Waals surface area contributed by atoms with Gasteiger partial charge < -0.3 is 0 Å². The van der Waals surface area contributed by atoms with Crippen molar-refractivity contribution in [3.63, 3.8) is 0 Å². The Labute approximate surface area is 92.0 Å². The summed E-state index contributed by atoms with van der Waals surface area (Å²) in [6.07, 6.45) is 7.49. The van der Waals surface area contributed by atoms with Crippen LogP contribution in [0, 0.1) is 11.8 Å². The molecule has 0 aromatic carbocycles. The molecule has 0 bridgehead atoms. The lowest BCUT2D eigenvalue weighted by molar-refractivity contribution is 0.559. The van der Waals surface area contributed by atoms with E-state index in [1.807, 2.05) is 0 Å². The summed E-state index contributed by atoms with van der Waals surface area (Å²) in [5, 5.41) is 0. The lowest BCUT2D eigenvalue weighted by atomic mass is 10.1. The Kier molecular flexibility index (Phi) is 4.38. The first-order valence-electron chi connectivity index (χ1n) is 5.52. The third-order valence-electron chi connectivity index (χ3n) is 3.10. The van der Waals surface area contributed by atoms with Crippen LogP contribution in [0.25, 0.3) is 0 Å². The average Bonchev–Trinajstić information content (AvgIpc) is 2.60. The van der Waals surface area contributed by atoms with E-state index in [9.17, 15) is 0 Å². The third-order valence-corrected chi connectivity index (χ3v) is 4.22. The molecule has 1 saturated carbocycles. The Morgan fingerprint density at radius 2 is 1.31 bits per heavy atom. The van der Waals surface area contributed by atoms with Gasteiger partial charge in [0.1, 0.15) is 4.33 Å². The second-order valence-corrected chi connectivity index (χ2v) is 5.62. The first-order valence-corrected chi connectivity index (χ1v) is 6.28. The van der Waals surface area contributed by atoms with Gasteiger partial charge in [-0.15, -0.1) is 23.2 Å². The Balaban J connectivity index is 2.24. The molecule has 0 heterocycles. The highest BCUT2D eigenvalue weighted by Crippen LogP contribution is 2.63. The molecule has 78 valence electrons. The second-order valence-electron chi connectivity index (χ2n) is 4.17. The van der Waals surface area contributed by atoms with Crippen LogP contribution in [0.3, 0.4) is 0 Å². The van der Waals surface area contributed by atoms with Crippen molar-refractivity contribution < 1.29 is 0 Å². The van der Waals surface area contributed by atoms with Gasteiger partial charge in [-0.3, -0.25) is 0 Å². The number of rotatable bonds is 6. The molecule has 0 aromatic rings. The maximum absolute atomic E-state index is 6.21. The van der Waals surface area contributed by atoms with Gasteiger partial charge in [0, 0.05) is 0 Å². The van der Waals surface area contributed by atoms with Gasteiger partial charge in [-0.1, -0.05) is 39.5 Å². The van der Waals surface area contributed by atoms with Crippen molar-refractivity contribution in [2.24, 2.45) is 11.8 Å². The minimum atomic E-state index is -0.371. The van der Waals surface area contributed by atoms with Crippen LogP contribution in [-0.4, -0.2) is 4.33 Å². The molecule has 0 spiro atoms. The van der Waals surface area contributed by atoms with Crippen molar-refractivity contribution in [2.45, 2.75) is 56.7 Å². The summed E-state index contributed by atoms with van der Waals surface area (Å²) >= 11 is 12.4. The molecule has 2 atom stereocenters. The highest BCUT2D eigenvalue weighted by molar-refractivity contribution is 6.51. The van der Waals surface area contributed by atoms with Gasteiger partial charge in [0.25, 0.3) is 0 Å². The molecule has 0 nitrogen and oxygen atoms in total. The van der Waals surface area contributed by atoms with Gasteiger partial charge in [-0.05, 0) is 24.7 Å². The van der Waals surface area contributed by atoms with Gasteiger partial charge in [-0.2, -0.15) is 0 Å². The van der Waals surface area contributed by atoms with E-state index in [2.05, 4.69) is 13.8 Å². The normalized spacial score (nSPS) is 30.5. The first kappa shape index (κ1) is 11.7. The van der Waals surface area contributed by atoms with Crippen LogP contribution in [0.15, 0.2) is 0 Å². The summed E-state index contributed by atoms with van der Waals surface area (Å²) in [4.78, 5) is 0. The van der Waals surface area contributed by atoms with E-state index in [-0.39, 0.29) is 4.33 Å².